The van der Waals surface area contributed by atoms with E-state index >= 15 is 0 Å². The summed E-state index contributed by atoms with van der Waals surface area (Å²) in [5, 5.41) is 4.83. The number of nitrogens with one attached hydrogen (secondary N) is 2. The molecule has 9 heteroatoms. The van der Waals surface area contributed by atoms with Gasteiger partial charge in [0.15, 0.2) is 0 Å². The third kappa shape index (κ3) is 5.26. The van der Waals surface area contributed by atoms with E-state index in [0.29, 0.717) is 0 Å². The molecule has 1 amide bonds. The van der Waals surface area contributed by atoms with E-state index in [4.69, 9.17) is 34.8 Å². The quantitative estimate of drug-likeness (QED) is 0.641. The molecule has 0 radical (unpaired) electrons. The van der Waals surface area contributed by atoms with Gasteiger partial charge in [0.25, 0.3) is 0 Å². The largest absolute Gasteiger partial charge is 0.416 e. The molecule has 112 valence electrons. The van der Waals surface area contributed by atoms with Crippen LogP contribution in [-0.4, -0.2) is 15.9 Å². The number of halogens is 6. The fourth-order valence-electron chi connectivity index (χ4n) is 1.35. The van der Waals surface area contributed by atoms with Crippen LogP contribution < -0.4 is 10.6 Å². The number of anilines is 1. The van der Waals surface area contributed by atoms with Gasteiger partial charge in [0.05, 0.1) is 5.56 Å². The Morgan fingerprint density at radius 1 is 1.25 bits per heavy atom. The van der Waals surface area contributed by atoms with Gasteiger partial charge in [-0.25, -0.2) is 0 Å². The summed E-state index contributed by atoms with van der Waals surface area (Å²) in [6.45, 7) is 1.19. The molecule has 0 aliphatic carbocycles. The van der Waals surface area contributed by atoms with Crippen LogP contribution in [0.3, 0.4) is 0 Å². The lowest BCUT2D eigenvalue weighted by atomic mass is 10.2. The molecule has 2 N–H and O–H groups in total. The highest BCUT2D eigenvalue weighted by Crippen LogP contribution is 2.33. The Hall–Kier alpha value is -0.850. The smallest absolute Gasteiger partial charge is 0.362 e. The van der Waals surface area contributed by atoms with Gasteiger partial charge in [0, 0.05) is 12.6 Å². The van der Waals surface area contributed by atoms with Gasteiger partial charge in [-0.15, -0.1) is 0 Å². The van der Waals surface area contributed by atoms with Crippen LogP contribution in [0.1, 0.15) is 12.5 Å². The minimum Gasteiger partial charge on any atom is -0.362 e. The Kier molecular flexibility index (Phi) is 5.40. The van der Waals surface area contributed by atoms with Gasteiger partial charge >= 0.3 is 6.18 Å². The van der Waals surface area contributed by atoms with Crippen molar-refractivity contribution in [3.63, 3.8) is 0 Å². The molecule has 1 aromatic rings. The van der Waals surface area contributed by atoms with Crippen LogP contribution in [0.15, 0.2) is 24.3 Å². The SMILES string of the molecule is CC(=O)N[C@@H](Nc1cccc(C(F)(F)F)c1)C(Cl)(Cl)Cl. The maximum absolute atomic E-state index is 12.6. The Morgan fingerprint density at radius 3 is 2.30 bits per heavy atom. The lowest BCUT2D eigenvalue weighted by Gasteiger charge is -2.27. The molecule has 1 aromatic carbocycles. The third-order valence-electron chi connectivity index (χ3n) is 2.18. The fourth-order valence-corrected chi connectivity index (χ4v) is 1.68. The maximum Gasteiger partial charge on any atom is 0.416 e. The van der Waals surface area contributed by atoms with Crippen LogP contribution in [-0.2, 0) is 11.0 Å². The van der Waals surface area contributed by atoms with E-state index in [-0.39, 0.29) is 5.69 Å². The van der Waals surface area contributed by atoms with Gasteiger partial charge in [-0.3, -0.25) is 4.79 Å². The molecule has 1 atom stereocenters. The zero-order valence-corrected chi connectivity index (χ0v) is 12.3. The normalized spacial score (nSPS) is 13.8. The van der Waals surface area contributed by atoms with E-state index in [1.807, 2.05) is 0 Å². The maximum atomic E-state index is 12.6. The van der Waals surface area contributed by atoms with Crippen molar-refractivity contribution in [2.24, 2.45) is 0 Å². The summed E-state index contributed by atoms with van der Waals surface area (Å²) >= 11 is 17.0. The van der Waals surface area contributed by atoms with Gasteiger partial charge < -0.3 is 10.6 Å². The summed E-state index contributed by atoms with van der Waals surface area (Å²) in [6.07, 6.45) is -5.66. The third-order valence-corrected chi connectivity index (χ3v) is 2.83. The number of amides is 1. The van der Waals surface area contributed by atoms with E-state index in [1.54, 1.807) is 0 Å². The highest BCUT2D eigenvalue weighted by Gasteiger charge is 2.34. The molecule has 0 saturated heterocycles. The molecule has 0 unspecified atom stereocenters. The highest BCUT2D eigenvalue weighted by molar-refractivity contribution is 6.68. The first-order valence-corrected chi connectivity index (χ1v) is 6.41. The highest BCUT2D eigenvalue weighted by atomic mass is 35.6. The van der Waals surface area contributed by atoms with E-state index in [9.17, 15) is 18.0 Å². The second kappa shape index (κ2) is 6.28. The van der Waals surface area contributed by atoms with Gasteiger partial charge in [-0.05, 0) is 18.2 Å². The first-order valence-electron chi connectivity index (χ1n) is 5.28. The summed E-state index contributed by atoms with van der Waals surface area (Å²) in [5.41, 5.74) is -0.793. The van der Waals surface area contributed by atoms with E-state index < -0.39 is 27.6 Å². The molecular weight excluding hydrogens is 339 g/mol. The van der Waals surface area contributed by atoms with Crippen molar-refractivity contribution in [2.75, 3.05) is 5.32 Å². The molecule has 0 aliphatic rings. The Labute approximate surface area is 128 Å². The van der Waals surface area contributed by atoms with Crippen molar-refractivity contribution in [3.8, 4) is 0 Å². The van der Waals surface area contributed by atoms with Crippen LogP contribution in [0.25, 0.3) is 0 Å². The summed E-state index contributed by atoms with van der Waals surface area (Å²) in [5.74, 6) is -0.499. The Morgan fingerprint density at radius 2 is 1.85 bits per heavy atom. The summed E-state index contributed by atoms with van der Waals surface area (Å²) < 4.78 is 35.8. The molecule has 0 bridgehead atoms. The minimum absolute atomic E-state index is 0.0601. The molecule has 0 fully saturated rings. The van der Waals surface area contributed by atoms with Gasteiger partial charge in [0.1, 0.15) is 6.17 Å². The molecule has 1 rings (SSSR count). The van der Waals surface area contributed by atoms with Crippen LogP contribution >= 0.6 is 34.8 Å². The number of hydrogen-bond donors (Lipinski definition) is 2. The predicted molar refractivity (Wildman–Crippen MR) is 73.0 cm³/mol. The lowest BCUT2D eigenvalue weighted by Crippen LogP contribution is -2.48. The molecule has 0 aliphatic heterocycles. The minimum atomic E-state index is -4.48. The van der Waals surface area contributed by atoms with Gasteiger partial charge in [-0.2, -0.15) is 13.2 Å². The van der Waals surface area contributed by atoms with E-state index in [2.05, 4.69) is 10.6 Å². The van der Waals surface area contributed by atoms with Crippen LogP contribution in [0.2, 0.25) is 0 Å². The summed E-state index contributed by atoms with van der Waals surface area (Å²) in [4.78, 5) is 11.0. The zero-order chi connectivity index (χ0) is 15.6. The first-order chi connectivity index (χ1) is 9.00. The number of hydrogen-bond acceptors (Lipinski definition) is 2. The van der Waals surface area contributed by atoms with E-state index in [0.717, 1.165) is 12.1 Å². The van der Waals surface area contributed by atoms with Crippen LogP contribution in [0.5, 0.6) is 0 Å². The molecule has 0 aromatic heterocycles. The lowest BCUT2D eigenvalue weighted by molar-refractivity contribution is -0.137. The van der Waals surface area contributed by atoms with Gasteiger partial charge in [-0.1, -0.05) is 40.9 Å². The molecule has 0 saturated carbocycles. The molecule has 0 heterocycles. The summed E-state index contributed by atoms with van der Waals surface area (Å²) in [7, 11) is 0. The first kappa shape index (κ1) is 17.2. The Bertz CT molecular complexity index is 489. The van der Waals surface area contributed by atoms with Crippen molar-refractivity contribution in [3.05, 3.63) is 29.8 Å². The fraction of sp³-hybridized carbons (Fsp3) is 0.364. The number of alkyl halides is 6. The van der Waals surface area contributed by atoms with Crippen molar-refractivity contribution in [1.29, 1.82) is 0 Å². The number of carbonyl (C=O) groups is 1. The van der Waals surface area contributed by atoms with Crippen molar-refractivity contribution < 1.29 is 18.0 Å². The summed E-state index contributed by atoms with van der Waals surface area (Å²) in [6, 6.07) is 4.33. The monoisotopic (exact) mass is 348 g/mol. The zero-order valence-electron chi connectivity index (χ0n) is 10.1. The Balaban J connectivity index is 2.97. The number of benzene rings is 1. The van der Waals surface area contributed by atoms with Crippen LogP contribution in [0.4, 0.5) is 18.9 Å². The second-order valence-corrected chi connectivity index (χ2v) is 6.27. The van der Waals surface area contributed by atoms with Gasteiger partial charge in [0.2, 0.25) is 9.70 Å². The molecule has 0 spiro atoms. The topological polar surface area (TPSA) is 41.1 Å². The average Bonchev–Trinajstić information content (AvgIpc) is 2.25. The number of rotatable bonds is 3. The predicted octanol–water partition coefficient (Wildman–Crippen LogP) is 3.95. The van der Waals surface area contributed by atoms with Crippen molar-refractivity contribution in [2.45, 2.75) is 23.1 Å². The van der Waals surface area contributed by atoms with Crippen LogP contribution in [0, 0.1) is 0 Å². The second-order valence-electron chi connectivity index (χ2n) is 3.90. The molecule has 20 heavy (non-hydrogen) atoms. The molecular formula is C11H10Cl3F3N2O. The van der Waals surface area contributed by atoms with Crippen molar-refractivity contribution in [1.82, 2.24) is 5.32 Å². The van der Waals surface area contributed by atoms with E-state index in [1.165, 1.54) is 19.1 Å². The molecule has 3 nitrogen and oxygen atoms in total. The number of carbonyl (C=O) groups excluding carboxylic acids is 1. The average molecular weight is 350 g/mol. The van der Waals surface area contributed by atoms with Crippen molar-refractivity contribution >= 4 is 46.4 Å². The standard InChI is InChI=1S/C11H10Cl3F3N2O/c1-6(20)18-9(10(12,13)14)19-8-4-2-3-7(5-8)11(15,16)17/h2-5,9,19H,1H3,(H,18,20)/t9-/m0/s1.